The van der Waals surface area contributed by atoms with Gasteiger partial charge in [-0.05, 0) is 49.6 Å². The Labute approximate surface area is 143 Å². The van der Waals surface area contributed by atoms with Gasteiger partial charge in [-0.3, -0.25) is 4.79 Å². The molecular weight excluding hydrogens is 302 g/mol. The predicted molar refractivity (Wildman–Crippen MR) is 97.0 cm³/mol. The second-order valence-corrected chi connectivity index (χ2v) is 6.10. The van der Waals surface area contributed by atoms with Crippen molar-refractivity contribution in [3.8, 4) is 11.5 Å². The molecule has 1 amide bonds. The molecule has 0 aromatic heterocycles. The van der Waals surface area contributed by atoms with Gasteiger partial charge in [-0.2, -0.15) is 0 Å². The van der Waals surface area contributed by atoms with Gasteiger partial charge in [0.2, 0.25) is 5.91 Å². The fraction of sp³-hybridized carbons (Fsp3) is 0.350. The van der Waals surface area contributed by atoms with Crippen LogP contribution in [-0.2, 0) is 11.2 Å². The molecule has 0 saturated carbocycles. The molecule has 1 atom stereocenters. The monoisotopic (exact) mass is 327 g/mol. The second-order valence-electron chi connectivity index (χ2n) is 6.10. The van der Waals surface area contributed by atoms with E-state index in [1.165, 1.54) is 5.56 Å². The van der Waals surface area contributed by atoms with Crippen molar-refractivity contribution in [1.29, 1.82) is 0 Å². The standard InChI is InChI=1S/C20H25NO3/c1-13-6-8-17(14(2)10-13)21-20(22)15(3)11-16-7-9-18(23-4)19(12-16)24-5/h6-10,12,15H,11H2,1-5H3,(H,21,22). The van der Waals surface area contributed by atoms with Crippen LogP contribution >= 0.6 is 0 Å². The molecule has 0 heterocycles. The highest BCUT2D eigenvalue weighted by Crippen LogP contribution is 2.28. The number of ether oxygens (including phenoxy) is 2. The Balaban J connectivity index is 2.06. The molecule has 0 bridgehead atoms. The maximum absolute atomic E-state index is 12.5. The number of carbonyl (C=O) groups is 1. The summed E-state index contributed by atoms with van der Waals surface area (Å²) in [6.07, 6.45) is 0.636. The summed E-state index contributed by atoms with van der Waals surface area (Å²) in [4.78, 5) is 12.5. The number of hydrogen-bond acceptors (Lipinski definition) is 3. The summed E-state index contributed by atoms with van der Waals surface area (Å²) in [7, 11) is 3.22. The molecule has 0 aliphatic rings. The third kappa shape index (κ3) is 4.28. The molecule has 24 heavy (non-hydrogen) atoms. The Morgan fingerprint density at radius 2 is 1.75 bits per heavy atom. The van der Waals surface area contributed by atoms with Crippen molar-refractivity contribution in [2.75, 3.05) is 19.5 Å². The molecule has 1 unspecified atom stereocenters. The van der Waals surface area contributed by atoms with Gasteiger partial charge in [-0.15, -0.1) is 0 Å². The zero-order chi connectivity index (χ0) is 17.7. The molecule has 0 radical (unpaired) electrons. The lowest BCUT2D eigenvalue weighted by Gasteiger charge is -2.15. The van der Waals surface area contributed by atoms with Crippen LogP contribution in [0.15, 0.2) is 36.4 Å². The van der Waals surface area contributed by atoms with Crippen molar-refractivity contribution in [3.05, 3.63) is 53.1 Å². The minimum Gasteiger partial charge on any atom is -0.493 e. The van der Waals surface area contributed by atoms with E-state index in [4.69, 9.17) is 9.47 Å². The predicted octanol–water partition coefficient (Wildman–Crippen LogP) is 4.14. The van der Waals surface area contributed by atoms with E-state index in [1.807, 2.05) is 51.1 Å². The largest absolute Gasteiger partial charge is 0.493 e. The third-order valence-electron chi connectivity index (χ3n) is 4.08. The van der Waals surface area contributed by atoms with E-state index in [9.17, 15) is 4.79 Å². The number of carbonyl (C=O) groups excluding carboxylic acids is 1. The van der Waals surface area contributed by atoms with Gasteiger partial charge < -0.3 is 14.8 Å². The van der Waals surface area contributed by atoms with Gasteiger partial charge in [0.1, 0.15) is 0 Å². The van der Waals surface area contributed by atoms with Gasteiger partial charge in [-0.1, -0.05) is 30.7 Å². The molecular formula is C20H25NO3. The van der Waals surface area contributed by atoms with E-state index in [-0.39, 0.29) is 11.8 Å². The van der Waals surface area contributed by atoms with E-state index in [0.29, 0.717) is 17.9 Å². The van der Waals surface area contributed by atoms with Crippen molar-refractivity contribution in [1.82, 2.24) is 0 Å². The minimum atomic E-state index is -0.149. The van der Waals surface area contributed by atoms with E-state index in [0.717, 1.165) is 16.8 Å². The number of anilines is 1. The molecule has 0 aliphatic carbocycles. The normalized spacial score (nSPS) is 11.7. The van der Waals surface area contributed by atoms with Gasteiger partial charge in [0.25, 0.3) is 0 Å². The summed E-state index contributed by atoms with van der Waals surface area (Å²) in [6, 6.07) is 11.8. The minimum absolute atomic E-state index is 0.0109. The summed E-state index contributed by atoms with van der Waals surface area (Å²) in [6.45, 7) is 5.97. The number of hydrogen-bond donors (Lipinski definition) is 1. The molecule has 2 aromatic carbocycles. The fourth-order valence-corrected chi connectivity index (χ4v) is 2.66. The first-order valence-electron chi connectivity index (χ1n) is 8.03. The topological polar surface area (TPSA) is 47.6 Å². The Morgan fingerprint density at radius 1 is 1.04 bits per heavy atom. The number of aryl methyl sites for hydroxylation is 2. The van der Waals surface area contributed by atoms with Gasteiger partial charge in [0.15, 0.2) is 11.5 Å². The van der Waals surface area contributed by atoms with Gasteiger partial charge in [0, 0.05) is 11.6 Å². The quantitative estimate of drug-likeness (QED) is 0.867. The number of methoxy groups -OCH3 is 2. The van der Waals surface area contributed by atoms with Crippen molar-refractivity contribution < 1.29 is 14.3 Å². The Bertz CT molecular complexity index is 725. The van der Waals surface area contributed by atoms with Crippen molar-refractivity contribution in [3.63, 3.8) is 0 Å². The zero-order valence-corrected chi connectivity index (χ0v) is 15.0. The number of amides is 1. The zero-order valence-electron chi connectivity index (χ0n) is 15.0. The summed E-state index contributed by atoms with van der Waals surface area (Å²) < 4.78 is 10.6. The number of rotatable bonds is 6. The average molecular weight is 327 g/mol. The van der Waals surface area contributed by atoms with Crippen LogP contribution < -0.4 is 14.8 Å². The van der Waals surface area contributed by atoms with Crippen LogP contribution in [0.3, 0.4) is 0 Å². The molecule has 4 heteroatoms. The van der Waals surface area contributed by atoms with Crippen molar-refractivity contribution in [2.24, 2.45) is 5.92 Å². The molecule has 0 fully saturated rings. The van der Waals surface area contributed by atoms with Gasteiger partial charge in [0.05, 0.1) is 14.2 Å². The van der Waals surface area contributed by atoms with Crippen molar-refractivity contribution >= 4 is 11.6 Å². The Hall–Kier alpha value is -2.49. The molecule has 0 saturated heterocycles. The molecule has 0 spiro atoms. The van der Waals surface area contributed by atoms with Crippen LogP contribution in [0.4, 0.5) is 5.69 Å². The van der Waals surface area contributed by atoms with Gasteiger partial charge >= 0.3 is 0 Å². The molecule has 2 rings (SSSR count). The van der Waals surface area contributed by atoms with Crippen LogP contribution in [-0.4, -0.2) is 20.1 Å². The number of nitrogens with one attached hydrogen (secondary N) is 1. The van der Waals surface area contributed by atoms with Gasteiger partial charge in [-0.25, -0.2) is 0 Å². The highest BCUT2D eigenvalue weighted by molar-refractivity contribution is 5.93. The average Bonchev–Trinajstić information content (AvgIpc) is 2.57. The lowest BCUT2D eigenvalue weighted by atomic mass is 9.99. The second kappa shape index (κ2) is 7.86. The number of benzene rings is 2. The first-order valence-corrected chi connectivity index (χ1v) is 8.03. The fourth-order valence-electron chi connectivity index (χ4n) is 2.66. The molecule has 0 aliphatic heterocycles. The van der Waals surface area contributed by atoms with Crippen LogP contribution in [0, 0.1) is 19.8 Å². The molecule has 2 aromatic rings. The highest BCUT2D eigenvalue weighted by Gasteiger charge is 2.16. The maximum atomic E-state index is 12.5. The van der Waals surface area contributed by atoms with E-state index in [2.05, 4.69) is 11.4 Å². The van der Waals surface area contributed by atoms with E-state index >= 15 is 0 Å². The first-order chi connectivity index (χ1) is 11.4. The Kier molecular flexibility index (Phi) is 5.85. The lowest BCUT2D eigenvalue weighted by molar-refractivity contribution is -0.119. The molecule has 1 N–H and O–H groups in total. The summed E-state index contributed by atoms with van der Waals surface area (Å²) in [5, 5.41) is 3.01. The summed E-state index contributed by atoms with van der Waals surface area (Å²) >= 11 is 0. The van der Waals surface area contributed by atoms with Crippen LogP contribution in [0.25, 0.3) is 0 Å². The Morgan fingerprint density at radius 3 is 2.38 bits per heavy atom. The van der Waals surface area contributed by atoms with Crippen molar-refractivity contribution in [2.45, 2.75) is 27.2 Å². The summed E-state index contributed by atoms with van der Waals surface area (Å²) in [5.41, 5.74) is 4.16. The van der Waals surface area contributed by atoms with E-state index < -0.39 is 0 Å². The van der Waals surface area contributed by atoms with Crippen LogP contribution in [0.5, 0.6) is 11.5 Å². The van der Waals surface area contributed by atoms with Crippen LogP contribution in [0.2, 0.25) is 0 Å². The SMILES string of the molecule is COc1ccc(CC(C)C(=O)Nc2ccc(C)cc2C)cc1OC. The maximum Gasteiger partial charge on any atom is 0.227 e. The van der Waals surface area contributed by atoms with E-state index in [1.54, 1.807) is 14.2 Å². The van der Waals surface area contributed by atoms with Crippen LogP contribution in [0.1, 0.15) is 23.6 Å². The summed E-state index contributed by atoms with van der Waals surface area (Å²) in [5.74, 6) is 1.23. The molecule has 128 valence electrons. The smallest absolute Gasteiger partial charge is 0.227 e. The first kappa shape index (κ1) is 17.9. The lowest BCUT2D eigenvalue weighted by Crippen LogP contribution is -2.22. The third-order valence-corrected chi connectivity index (χ3v) is 4.08. The highest BCUT2D eigenvalue weighted by atomic mass is 16.5. The molecule has 4 nitrogen and oxygen atoms in total.